The van der Waals surface area contributed by atoms with E-state index in [0.717, 1.165) is 49.4 Å². The first-order chi connectivity index (χ1) is 13.3. The van der Waals surface area contributed by atoms with Gasteiger partial charge in [-0.1, -0.05) is 42.5 Å². The Balaban J connectivity index is 1.47. The lowest BCUT2D eigenvalue weighted by atomic mass is 10.0. The summed E-state index contributed by atoms with van der Waals surface area (Å²) in [6, 6.07) is 20.3. The number of hydrogen-bond donors (Lipinski definition) is 1. The summed E-state index contributed by atoms with van der Waals surface area (Å²) in [6.45, 7) is 7.30. The van der Waals surface area contributed by atoms with Crippen LogP contribution in [0.1, 0.15) is 12.5 Å². The van der Waals surface area contributed by atoms with Crippen LogP contribution in [-0.4, -0.2) is 42.8 Å². The zero-order valence-electron chi connectivity index (χ0n) is 15.8. The summed E-state index contributed by atoms with van der Waals surface area (Å²) >= 11 is 0. The van der Waals surface area contributed by atoms with E-state index < -0.39 is 0 Å². The van der Waals surface area contributed by atoms with Crippen LogP contribution in [0, 0.1) is 0 Å². The topological polar surface area (TPSA) is 35.9 Å². The lowest BCUT2D eigenvalue weighted by Gasteiger charge is -2.37. The molecular formula is C23H26N2O2. The molecule has 0 radical (unpaired) electrons. The van der Waals surface area contributed by atoms with Crippen molar-refractivity contribution in [2.75, 3.05) is 37.7 Å². The third-order valence-corrected chi connectivity index (χ3v) is 5.28. The summed E-state index contributed by atoms with van der Waals surface area (Å²) in [5.74, 6) is 1.35. The molecule has 1 fully saturated rings. The average Bonchev–Trinajstić information content (AvgIpc) is 2.71. The Bertz CT molecular complexity index is 917. The van der Waals surface area contributed by atoms with Gasteiger partial charge in [-0.2, -0.15) is 0 Å². The molecule has 0 spiro atoms. The van der Waals surface area contributed by atoms with Crippen molar-refractivity contribution in [3.63, 3.8) is 0 Å². The van der Waals surface area contributed by atoms with Crippen LogP contribution in [0.5, 0.6) is 11.5 Å². The van der Waals surface area contributed by atoms with Crippen LogP contribution in [0.2, 0.25) is 0 Å². The first kappa shape index (κ1) is 17.7. The lowest BCUT2D eigenvalue weighted by molar-refractivity contribution is 0.246. The summed E-state index contributed by atoms with van der Waals surface area (Å²) in [4.78, 5) is 4.81. The van der Waals surface area contributed by atoms with Gasteiger partial charge in [-0.25, -0.2) is 0 Å². The number of aromatic hydroxyl groups is 1. The van der Waals surface area contributed by atoms with Gasteiger partial charge in [-0.3, -0.25) is 4.90 Å². The van der Waals surface area contributed by atoms with Crippen LogP contribution in [0.25, 0.3) is 10.8 Å². The van der Waals surface area contributed by atoms with Gasteiger partial charge in [0.1, 0.15) is 11.5 Å². The standard InChI is InChI=1S/C23H26N2O2/c1-2-27-23-10-6-5-9-21(23)25-15-13-24(14-16-25)17-20-19-8-4-3-7-18(19)11-12-22(20)26/h3-12,26H,2,13-17H2,1H3. The Labute approximate surface area is 160 Å². The van der Waals surface area contributed by atoms with Gasteiger partial charge >= 0.3 is 0 Å². The molecule has 3 aromatic rings. The Hall–Kier alpha value is -2.72. The number of benzene rings is 3. The number of piperazine rings is 1. The second-order valence-electron chi connectivity index (χ2n) is 6.95. The molecule has 0 atom stereocenters. The molecule has 1 saturated heterocycles. The maximum absolute atomic E-state index is 10.4. The molecule has 1 heterocycles. The molecule has 0 aromatic heterocycles. The van der Waals surface area contributed by atoms with E-state index in [2.05, 4.69) is 34.1 Å². The number of ether oxygens (including phenoxy) is 1. The molecule has 4 nitrogen and oxygen atoms in total. The van der Waals surface area contributed by atoms with Crippen molar-refractivity contribution >= 4 is 16.5 Å². The average molecular weight is 362 g/mol. The second kappa shape index (κ2) is 7.89. The Morgan fingerprint density at radius 1 is 0.889 bits per heavy atom. The molecule has 0 bridgehead atoms. The van der Waals surface area contributed by atoms with Gasteiger partial charge in [-0.15, -0.1) is 0 Å². The third kappa shape index (κ3) is 3.71. The highest BCUT2D eigenvalue weighted by molar-refractivity contribution is 5.87. The van der Waals surface area contributed by atoms with E-state index in [1.807, 2.05) is 43.3 Å². The van der Waals surface area contributed by atoms with Crippen molar-refractivity contribution < 1.29 is 9.84 Å². The third-order valence-electron chi connectivity index (χ3n) is 5.28. The predicted molar refractivity (Wildman–Crippen MR) is 111 cm³/mol. The lowest BCUT2D eigenvalue weighted by Crippen LogP contribution is -2.46. The minimum Gasteiger partial charge on any atom is -0.508 e. The molecule has 0 unspecified atom stereocenters. The molecule has 1 aliphatic rings. The number of phenolic OH excluding ortho intramolecular Hbond substituents is 1. The molecule has 1 aliphatic heterocycles. The minimum atomic E-state index is 0.387. The van der Waals surface area contributed by atoms with E-state index in [9.17, 15) is 5.11 Å². The van der Waals surface area contributed by atoms with Gasteiger partial charge in [0.25, 0.3) is 0 Å². The van der Waals surface area contributed by atoms with Crippen LogP contribution in [-0.2, 0) is 6.54 Å². The minimum absolute atomic E-state index is 0.387. The van der Waals surface area contributed by atoms with E-state index in [0.29, 0.717) is 12.4 Å². The van der Waals surface area contributed by atoms with Crippen molar-refractivity contribution in [3.05, 3.63) is 66.2 Å². The summed E-state index contributed by atoms with van der Waals surface area (Å²) in [5, 5.41) is 12.7. The second-order valence-corrected chi connectivity index (χ2v) is 6.95. The number of anilines is 1. The highest BCUT2D eigenvalue weighted by Gasteiger charge is 2.21. The first-order valence-corrected chi connectivity index (χ1v) is 9.65. The number of hydrogen-bond acceptors (Lipinski definition) is 4. The van der Waals surface area contributed by atoms with Gasteiger partial charge in [-0.05, 0) is 35.9 Å². The predicted octanol–water partition coefficient (Wildman–Crippen LogP) is 4.27. The van der Waals surface area contributed by atoms with Crippen LogP contribution in [0.3, 0.4) is 0 Å². The Morgan fingerprint density at radius 2 is 1.63 bits per heavy atom. The summed E-state index contributed by atoms with van der Waals surface area (Å²) in [7, 11) is 0. The van der Waals surface area contributed by atoms with Crippen LogP contribution < -0.4 is 9.64 Å². The Kier molecular flexibility index (Phi) is 5.16. The van der Waals surface area contributed by atoms with Gasteiger partial charge in [0.05, 0.1) is 12.3 Å². The van der Waals surface area contributed by atoms with E-state index in [4.69, 9.17) is 4.74 Å². The van der Waals surface area contributed by atoms with Gasteiger partial charge in [0, 0.05) is 38.3 Å². The van der Waals surface area contributed by atoms with Crippen LogP contribution in [0.4, 0.5) is 5.69 Å². The van der Waals surface area contributed by atoms with Crippen LogP contribution in [0.15, 0.2) is 60.7 Å². The zero-order chi connectivity index (χ0) is 18.6. The van der Waals surface area contributed by atoms with Gasteiger partial charge in [0.2, 0.25) is 0 Å². The molecule has 27 heavy (non-hydrogen) atoms. The largest absolute Gasteiger partial charge is 0.508 e. The number of para-hydroxylation sites is 2. The number of fused-ring (bicyclic) bond motifs is 1. The van der Waals surface area contributed by atoms with Crippen molar-refractivity contribution in [1.29, 1.82) is 0 Å². The monoisotopic (exact) mass is 362 g/mol. The van der Waals surface area contributed by atoms with Crippen molar-refractivity contribution in [3.8, 4) is 11.5 Å². The maximum Gasteiger partial charge on any atom is 0.142 e. The SMILES string of the molecule is CCOc1ccccc1N1CCN(Cc2c(O)ccc3ccccc23)CC1. The summed E-state index contributed by atoms with van der Waals surface area (Å²) < 4.78 is 5.79. The fourth-order valence-electron chi connectivity index (χ4n) is 3.86. The van der Waals surface area contributed by atoms with E-state index in [-0.39, 0.29) is 0 Å². The molecule has 0 aliphatic carbocycles. The number of phenols is 1. The fraction of sp³-hybridized carbons (Fsp3) is 0.304. The highest BCUT2D eigenvalue weighted by atomic mass is 16.5. The molecular weight excluding hydrogens is 336 g/mol. The Morgan fingerprint density at radius 3 is 2.44 bits per heavy atom. The quantitative estimate of drug-likeness (QED) is 0.735. The van der Waals surface area contributed by atoms with E-state index in [1.165, 1.54) is 11.1 Å². The highest BCUT2D eigenvalue weighted by Crippen LogP contribution is 2.31. The molecule has 0 amide bonds. The van der Waals surface area contributed by atoms with Gasteiger partial charge < -0.3 is 14.7 Å². The molecule has 3 aromatic carbocycles. The smallest absolute Gasteiger partial charge is 0.142 e. The summed E-state index contributed by atoms with van der Waals surface area (Å²) in [5.41, 5.74) is 2.20. The van der Waals surface area contributed by atoms with Crippen molar-refractivity contribution in [1.82, 2.24) is 4.90 Å². The van der Waals surface area contributed by atoms with Crippen LogP contribution >= 0.6 is 0 Å². The van der Waals surface area contributed by atoms with E-state index in [1.54, 1.807) is 0 Å². The molecule has 140 valence electrons. The molecule has 4 heteroatoms. The molecule has 4 rings (SSSR count). The number of nitrogens with zero attached hydrogens (tertiary/aromatic N) is 2. The normalized spacial score (nSPS) is 15.2. The van der Waals surface area contributed by atoms with Gasteiger partial charge in [0.15, 0.2) is 0 Å². The van der Waals surface area contributed by atoms with Crippen molar-refractivity contribution in [2.45, 2.75) is 13.5 Å². The van der Waals surface area contributed by atoms with Crippen molar-refractivity contribution in [2.24, 2.45) is 0 Å². The van der Waals surface area contributed by atoms with E-state index >= 15 is 0 Å². The fourth-order valence-corrected chi connectivity index (χ4v) is 3.86. The zero-order valence-corrected chi connectivity index (χ0v) is 15.8. The maximum atomic E-state index is 10.4. The molecule has 1 N–H and O–H groups in total. The number of rotatable bonds is 5. The first-order valence-electron chi connectivity index (χ1n) is 9.65. The summed E-state index contributed by atoms with van der Waals surface area (Å²) in [6.07, 6.45) is 0. The molecule has 0 saturated carbocycles.